The lowest BCUT2D eigenvalue weighted by molar-refractivity contribution is 0.0730. The minimum Gasteiger partial charge on any atom is -0.379 e. The van der Waals surface area contributed by atoms with E-state index in [1.54, 1.807) is 19.1 Å². The Bertz CT molecular complexity index is 725. The van der Waals surface area contributed by atoms with Crippen LogP contribution in [-0.2, 0) is 14.8 Å². The SMILES string of the molecule is Cc1ccc(C(=O)N[C@H](C)CCC(C)C)cc1S(=O)(=O)N1CCOCC1. The zero-order valence-corrected chi connectivity index (χ0v) is 16.9. The molecule has 0 radical (unpaired) electrons. The summed E-state index contributed by atoms with van der Waals surface area (Å²) >= 11 is 0. The van der Waals surface area contributed by atoms with Gasteiger partial charge in [0.05, 0.1) is 18.1 Å². The van der Waals surface area contributed by atoms with Gasteiger partial charge in [0, 0.05) is 24.7 Å². The van der Waals surface area contributed by atoms with Crippen LogP contribution in [0.3, 0.4) is 0 Å². The van der Waals surface area contributed by atoms with Gasteiger partial charge >= 0.3 is 0 Å². The van der Waals surface area contributed by atoms with E-state index in [4.69, 9.17) is 4.74 Å². The summed E-state index contributed by atoms with van der Waals surface area (Å²) in [5.41, 5.74) is 1.01. The molecule has 1 aromatic carbocycles. The van der Waals surface area contributed by atoms with Crippen molar-refractivity contribution in [3.63, 3.8) is 0 Å². The molecule has 0 bridgehead atoms. The van der Waals surface area contributed by atoms with E-state index in [2.05, 4.69) is 19.2 Å². The number of amides is 1. The summed E-state index contributed by atoms with van der Waals surface area (Å²) in [5.74, 6) is 0.346. The quantitative estimate of drug-likeness (QED) is 0.786. The molecule has 1 amide bonds. The molecule has 7 heteroatoms. The zero-order chi connectivity index (χ0) is 19.3. The summed E-state index contributed by atoms with van der Waals surface area (Å²) in [6.07, 6.45) is 1.93. The molecule has 1 aromatic rings. The first kappa shape index (κ1) is 20.9. The van der Waals surface area contributed by atoms with Crippen LogP contribution in [0.5, 0.6) is 0 Å². The zero-order valence-electron chi connectivity index (χ0n) is 16.1. The Balaban J connectivity index is 2.17. The Morgan fingerprint density at radius 2 is 1.85 bits per heavy atom. The predicted molar refractivity (Wildman–Crippen MR) is 102 cm³/mol. The number of ether oxygens (including phenoxy) is 1. The van der Waals surface area contributed by atoms with Crippen molar-refractivity contribution in [1.29, 1.82) is 0 Å². The van der Waals surface area contributed by atoms with Gasteiger partial charge in [0.15, 0.2) is 0 Å². The molecule has 1 fully saturated rings. The second-order valence-corrected chi connectivity index (χ2v) is 9.25. The van der Waals surface area contributed by atoms with Crippen molar-refractivity contribution in [2.75, 3.05) is 26.3 Å². The Hall–Kier alpha value is -1.44. The Labute approximate surface area is 157 Å². The highest BCUT2D eigenvalue weighted by atomic mass is 32.2. The maximum atomic E-state index is 12.9. The van der Waals surface area contributed by atoms with Crippen LogP contribution in [-0.4, -0.2) is 51.0 Å². The predicted octanol–water partition coefficient (Wildman–Crippen LogP) is 2.57. The fourth-order valence-electron chi connectivity index (χ4n) is 2.91. The van der Waals surface area contributed by atoms with Crippen molar-refractivity contribution in [3.8, 4) is 0 Å². The molecule has 0 aromatic heterocycles. The Morgan fingerprint density at radius 1 is 1.19 bits per heavy atom. The number of hydrogen-bond donors (Lipinski definition) is 1. The van der Waals surface area contributed by atoms with E-state index >= 15 is 0 Å². The lowest BCUT2D eigenvalue weighted by atomic mass is 10.0. The van der Waals surface area contributed by atoms with Crippen molar-refractivity contribution in [3.05, 3.63) is 29.3 Å². The van der Waals surface area contributed by atoms with E-state index in [-0.39, 0.29) is 16.8 Å². The van der Waals surface area contributed by atoms with Crippen LogP contribution in [0.4, 0.5) is 0 Å². The van der Waals surface area contributed by atoms with Gasteiger partial charge in [0.25, 0.3) is 5.91 Å². The molecular weight excluding hydrogens is 352 g/mol. The molecule has 1 atom stereocenters. The molecule has 1 aliphatic rings. The number of nitrogens with zero attached hydrogens (tertiary/aromatic N) is 1. The highest BCUT2D eigenvalue weighted by molar-refractivity contribution is 7.89. The summed E-state index contributed by atoms with van der Waals surface area (Å²) in [6, 6.07) is 4.91. The van der Waals surface area contributed by atoms with E-state index < -0.39 is 10.0 Å². The summed E-state index contributed by atoms with van der Waals surface area (Å²) < 4.78 is 32.5. The second kappa shape index (κ2) is 8.97. The van der Waals surface area contributed by atoms with Crippen LogP contribution in [0.15, 0.2) is 23.1 Å². The molecule has 0 aliphatic carbocycles. The minimum atomic E-state index is -3.63. The Kier molecular flexibility index (Phi) is 7.20. The van der Waals surface area contributed by atoms with Crippen molar-refractivity contribution >= 4 is 15.9 Å². The molecule has 0 spiro atoms. The molecule has 2 rings (SSSR count). The number of nitrogens with one attached hydrogen (secondary N) is 1. The van der Waals surface area contributed by atoms with Crippen molar-refractivity contribution in [1.82, 2.24) is 9.62 Å². The van der Waals surface area contributed by atoms with Crippen LogP contribution in [0.25, 0.3) is 0 Å². The van der Waals surface area contributed by atoms with E-state index in [1.165, 1.54) is 10.4 Å². The standard InChI is InChI=1S/C19H30N2O4S/c1-14(2)5-7-16(4)20-19(22)17-8-6-15(3)18(13-17)26(23,24)21-9-11-25-12-10-21/h6,8,13-14,16H,5,7,9-12H2,1-4H3,(H,20,22)/t16-/m1/s1. The lowest BCUT2D eigenvalue weighted by Gasteiger charge is -2.27. The molecule has 1 N–H and O–H groups in total. The molecule has 6 nitrogen and oxygen atoms in total. The maximum Gasteiger partial charge on any atom is 0.251 e. The van der Waals surface area contributed by atoms with Gasteiger partial charge in [-0.15, -0.1) is 0 Å². The van der Waals surface area contributed by atoms with E-state index in [1.807, 2.05) is 6.92 Å². The lowest BCUT2D eigenvalue weighted by Crippen LogP contribution is -2.41. The fraction of sp³-hybridized carbons (Fsp3) is 0.632. The molecule has 26 heavy (non-hydrogen) atoms. The van der Waals surface area contributed by atoms with Crippen molar-refractivity contribution in [2.45, 2.75) is 51.5 Å². The first-order valence-electron chi connectivity index (χ1n) is 9.21. The topological polar surface area (TPSA) is 75.7 Å². The van der Waals surface area contributed by atoms with Crippen molar-refractivity contribution in [2.24, 2.45) is 5.92 Å². The van der Waals surface area contributed by atoms with Gasteiger partial charge in [-0.1, -0.05) is 19.9 Å². The van der Waals surface area contributed by atoms with Gasteiger partial charge in [-0.2, -0.15) is 4.31 Å². The normalized spacial score (nSPS) is 17.3. The molecule has 1 saturated heterocycles. The van der Waals surface area contributed by atoms with E-state index in [0.717, 1.165) is 12.8 Å². The van der Waals surface area contributed by atoms with Crippen LogP contribution in [0.1, 0.15) is 49.5 Å². The molecular formula is C19H30N2O4S. The number of carbonyl (C=O) groups is 1. The van der Waals surface area contributed by atoms with Gasteiger partial charge in [-0.3, -0.25) is 4.79 Å². The smallest absolute Gasteiger partial charge is 0.251 e. The van der Waals surface area contributed by atoms with E-state index in [9.17, 15) is 13.2 Å². The molecule has 1 heterocycles. The number of benzene rings is 1. The average Bonchev–Trinajstić information content (AvgIpc) is 2.60. The maximum absolute atomic E-state index is 12.9. The highest BCUT2D eigenvalue weighted by Crippen LogP contribution is 2.22. The third-order valence-corrected chi connectivity index (χ3v) is 6.63. The van der Waals surface area contributed by atoms with E-state index in [0.29, 0.717) is 43.3 Å². The molecule has 146 valence electrons. The minimum absolute atomic E-state index is 0.0468. The molecule has 0 saturated carbocycles. The highest BCUT2D eigenvalue weighted by Gasteiger charge is 2.28. The second-order valence-electron chi connectivity index (χ2n) is 7.34. The third kappa shape index (κ3) is 5.28. The van der Waals surface area contributed by atoms with Crippen LogP contribution in [0.2, 0.25) is 0 Å². The first-order chi connectivity index (χ1) is 12.2. The van der Waals surface area contributed by atoms with Gasteiger partial charge in [-0.05, 0) is 50.3 Å². The first-order valence-corrected chi connectivity index (χ1v) is 10.6. The fourth-order valence-corrected chi connectivity index (χ4v) is 4.57. The number of morpholine rings is 1. The van der Waals surface area contributed by atoms with Crippen LogP contribution in [0, 0.1) is 12.8 Å². The van der Waals surface area contributed by atoms with Gasteiger partial charge in [0.1, 0.15) is 0 Å². The monoisotopic (exact) mass is 382 g/mol. The largest absolute Gasteiger partial charge is 0.379 e. The number of rotatable bonds is 7. The molecule has 1 aliphatic heterocycles. The summed E-state index contributed by atoms with van der Waals surface area (Å²) in [7, 11) is -3.63. The van der Waals surface area contributed by atoms with Crippen LogP contribution >= 0.6 is 0 Å². The summed E-state index contributed by atoms with van der Waals surface area (Å²) in [5, 5.41) is 2.96. The van der Waals surface area contributed by atoms with Gasteiger partial charge in [-0.25, -0.2) is 8.42 Å². The third-order valence-electron chi connectivity index (χ3n) is 4.59. The Morgan fingerprint density at radius 3 is 2.46 bits per heavy atom. The molecule has 0 unspecified atom stereocenters. The average molecular weight is 383 g/mol. The number of carbonyl (C=O) groups excluding carboxylic acids is 1. The summed E-state index contributed by atoms with van der Waals surface area (Å²) in [4.78, 5) is 12.7. The number of hydrogen-bond acceptors (Lipinski definition) is 4. The summed E-state index contributed by atoms with van der Waals surface area (Å²) in [6.45, 7) is 9.49. The number of aryl methyl sites for hydroxylation is 1. The van der Waals surface area contributed by atoms with Gasteiger partial charge < -0.3 is 10.1 Å². The number of sulfonamides is 1. The van der Waals surface area contributed by atoms with Gasteiger partial charge in [0.2, 0.25) is 10.0 Å². The van der Waals surface area contributed by atoms with Crippen LogP contribution < -0.4 is 5.32 Å². The van der Waals surface area contributed by atoms with Crippen molar-refractivity contribution < 1.29 is 17.9 Å².